The molecule has 2 unspecified atom stereocenters. The summed E-state index contributed by atoms with van der Waals surface area (Å²) in [6.07, 6.45) is 3.15. The molecule has 0 saturated carbocycles. The highest BCUT2D eigenvalue weighted by atomic mass is 16.5. The van der Waals surface area contributed by atoms with Crippen LogP contribution in [0.25, 0.3) is 0 Å². The Bertz CT molecular complexity index is 168. The van der Waals surface area contributed by atoms with E-state index in [9.17, 15) is 5.11 Å². The molecular formula is C11H22O3. The molecule has 0 aromatic rings. The first kappa shape index (κ1) is 12.0. The van der Waals surface area contributed by atoms with Gasteiger partial charge in [0.15, 0.2) is 0 Å². The Morgan fingerprint density at radius 2 is 2.21 bits per heavy atom. The molecule has 1 rings (SSSR count). The van der Waals surface area contributed by atoms with Crippen LogP contribution >= 0.6 is 0 Å². The van der Waals surface area contributed by atoms with Gasteiger partial charge >= 0.3 is 0 Å². The van der Waals surface area contributed by atoms with Crippen LogP contribution < -0.4 is 0 Å². The molecule has 0 radical (unpaired) electrons. The quantitative estimate of drug-likeness (QED) is 0.752. The average molecular weight is 202 g/mol. The number of hydrogen-bond acceptors (Lipinski definition) is 3. The fraction of sp³-hybridized carbons (Fsp3) is 1.00. The number of methoxy groups -OCH3 is 1. The lowest BCUT2D eigenvalue weighted by atomic mass is 9.87. The van der Waals surface area contributed by atoms with Crippen LogP contribution in [-0.2, 0) is 9.47 Å². The van der Waals surface area contributed by atoms with Gasteiger partial charge in [-0.25, -0.2) is 0 Å². The van der Waals surface area contributed by atoms with E-state index in [-0.39, 0.29) is 24.2 Å². The fourth-order valence-electron chi connectivity index (χ4n) is 1.90. The van der Waals surface area contributed by atoms with E-state index in [2.05, 4.69) is 13.8 Å². The maximum absolute atomic E-state index is 9.21. The lowest BCUT2D eigenvalue weighted by Gasteiger charge is -2.35. The standard InChI is InChI=1S/C11H22O3/c1-11(2,13-3)7-10-9(8-12)5-4-6-14-10/h9-10,12H,4-8H2,1-3H3. The third kappa shape index (κ3) is 3.23. The third-order valence-electron chi connectivity index (χ3n) is 3.06. The highest BCUT2D eigenvalue weighted by Gasteiger charge is 2.31. The molecule has 0 amide bonds. The Hall–Kier alpha value is -0.120. The molecular weight excluding hydrogens is 180 g/mol. The van der Waals surface area contributed by atoms with E-state index >= 15 is 0 Å². The van der Waals surface area contributed by atoms with Gasteiger partial charge in [0, 0.05) is 32.7 Å². The lowest BCUT2D eigenvalue weighted by molar-refractivity contribution is -0.0928. The number of ether oxygens (including phenoxy) is 2. The highest BCUT2D eigenvalue weighted by Crippen LogP contribution is 2.28. The summed E-state index contributed by atoms with van der Waals surface area (Å²) >= 11 is 0. The second-order valence-corrected chi connectivity index (χ2v) is 4.66. The molecule has 1 saturated heterocycles. The maximum atomic E-state index is 9.21. The molecule has 0 spiro atoms. The van der Waals surface area contributed by atoms with E-state index in [4.69, 9.17) is 9.47 Å². The number of aliphatic hydroxyl groups excluding tert-OH is 1. The van der Waals surface area contributed by atoms with Gasteiger partial charge in [0.1, 0.15) is 0 Å². The Labute approximate surface area is 86.4 Å². The van der Waals surface area contributed by atoms with Crippen molar-refractivity contribution >= 4 is 0 Å². The topological polar surface area (TPSA) is 38.7 Å². The Morgan fingerprint density at radius 3 is 2.79 bits per heavy atom. The van der Waals surface area contributed by atoms with Crippen molar-refractivity contribution in [3.05, 3.63) is 0 Å². The van der Waals surface area contributed by atoms with Crippen molar-refractivity contribution in [3.8, 4) is 0 Å². The molecule has 0 aromatic heterocycles. The summed E-state index contributed by atoms with van der Waals surface area (Å²) in [5.74, 6) is 0.290. The van der Waals surface area contributed by atoms with Crippen molar-refractivity contribution in [1.29, 1.82) is 0 Å². The van der Waals surface area contributed by atoms with Gasteiger partial charge in [0.05, 0.1) is 11.7 Å². The molecule has 0 aromatic carbocycles. The zero-order chi connectivity index (χ0) is 10.6. The zero-order valence-electron chi connectivity index (χ0n) is 9.45. The molecule has 0 bridgehead atoms. The minimum atomic E-state index is -0.157. The van der Waals surface area contributed by atoms with Gasteiger partial charge in [-0.15, -0.1) is 0 Å². The molecule has 1 heterocycles. The van der Waals surface area contributed by atoms with Crippen molar-refractivity contribution in [2.45, 2.75) is 44.8 Å². The predicted octanol–water partition coefficient (Wildman–Crippen LogP) is 1.59. The molecule has 1 aliphatic heterocycles. The second-order valence-electron chi connectivity index (χ2n) is 4.66. The van der Waals surface area contributed by atoms with Crippen molar-refractivity contribution in [2.75, 3.05) is 20.3 Å². The first-order chi connectivity index (χ1) is 6.59. The summed E-state index contributed by atoms with van der Waals surface area (Å²) in [6.45, 7) is 5.16. The SMILES string of the molecule is COC(C)(C)CC1OCCCC1CO. The van der Waals surface area contributed by atoms with Crippen LogP contribution in [0.1, 0.15) is 33.1 Å². The van der Waals surface area contributed by atoms with Gasteiger partial charge in [-0.05, 0) is 26.7 Å². The number of rotatable bonds is 4. The smallest absolute Gasteiger partial charge is 0.0652 e. The van der Waals surface area contributed by atoms with Crippen LogP contribution in [0.2, 0.25) is 0 Å². The molecule has 1 N–H and O–H groups in total. The van der Waals surface area contributed by atoms with Gasteiger partial charge in [-0.1, -0.05) is 0 Å². The van der Waals surface area contributed by atoms with Gasteiger partial charge in [-0.3, -0.25) is 0 Å². The fourth-order valence-corrected chi connectivity index (χ4v) is 1.90. The molecule has 0 aliphatic carbocycles. The van der Waals surface area contributed by atoms with Crippen molar-refractivity contribution in [2.24, 2.45) is 5.92 Å². The summed E-state index contributed by atoms with van der Waals surface area (Å²) in [5.41, 5.74) is -0.157. The van der Waals surface area contributed by atoms with Crippen molar-refractivity contribution < 1.29 is 14.6 Å². The Kier molecular flexibility index (Phi) is 4.35. The first-order valence-electron chi connectivity index (χ1n) is 5.36. The zero-order valence-corrected chi connectivity index (χ0v) is 9.45. The molecule has 3 nitrogen and oxygen atoms in total. The number of hydrogen-bond donors (Lipinski definition) is 1. The predicted molar refractivity (Wildman–Crippen MR) is 55.3 cm³/mol. The Balaban J connectivity index is 2.48. The minimum Gasteiger partial charge on any atom is -0.396 e. The van der Waals surface area contributed by atoms with Crippen LogP contribution in [0.5, 0.6) is 0 Å². The second kappa shape index (κ2) is 5.10. The minimum absolute atomic E-state index is 0.156. The van der Waals surface area contributed by atoms with Crippen LogP contribution in [0.4, 0.5) is 0 Å². The van der Waals surface area contributed by atoms with Crippen LogP contribution in [0, 0.1) is 5.92 Å². The molecule has 84 valence electrons. The summed E-state index contributed by atoms with van der Waals surface area (Å²) in [6, 6.07) is 0. The maximum Gasteiger partial charge on any atom is 0.0652 e. The van der Waals surface area contributed by atoms with E-state index in [1.165, 1.54) is 0 Å². The van der Waals surface area contributed by atoms with Crippen LogP contribution in [0.15, 0.2) is 0 Å². The first-order valence-corrected chi connectivity index (χ1v) is 5.36. The normalized spacial score (nSPS) is 29.1. The Morgan fingerprint density at radius 1 is 1.50 bits per heavy atom. The van der Waals surface area contributed by atoms with Gasteiger partial charge < -0.3 is 14.6 Å². The van der Waals surface area contributed by atoms with E-state index < -0.39 is 0 Å². The van der Waals surface area contributed by atoms with E-state index in [1.807, 2.05) is 0 Å². The monoisotopic (exact) mass is 202 g/mol. The van der Waals surface area contributed by atoms with E-state index in [0.29, 0.717) is 0 Å². The van der Waals surface area contributed by atoms with Gasteiger partial charge in [0.2, 0.25) is 0 Å². The van der Waals surface area contributed by atoms with Gasteiger partial charge in [-0.2, -0.15) is 0 Å². The van der Waals surface area contributed by atoms with E-state index in [0.717, 1.165) is 25.9 Å². The lowest BCUT2D eigenvalue weighted by Crippen LogP contribution is -2.38. The van der Waals surface area contributed by atoms with Crippen LogP contribution in [-0.4, -0.2) is 37.1 Å². The largest absolute Gasteiger partial charge is 0.396 e. The summed E-state index contributed by atoms with van der Waals surface area (Å²) < 4.78 is 11.1. The molecule has 3 heteroatoms. The molecule has 1 fully saturated rings. The summed E-state index contributed by atoms with van der Waals surface area (Å²) in [7, 11) is 1.72. The van der Waals surface area contributed by atoms with Crippen molar-refractivity contribution in [3.63, 3.8) is 0 Å². The third-order valence-corrected chi connectivity index (χ3v) is 3.06. The van der Waals surface area contributed by atoms with E-state index in [1.54, 1.807) is 7.11 Å². The molecule has 14 heavy (non-hydrogen) atoms. The summed E-state index contributed by atoms with van der Waals surface area (Å²) in [4.78, 5) is 0. The number of aliphatic hydroxyl groups is 1. The molecule has 2 atom stereocenters. The summed E-state index contributed by atoms with van der Waals surface area (Å²) in [5, 5.41) is 9.21. The van der Waals surface area contributed by atoms with Crippen LogP contribution in [0.3, 0.4) is 0 Å². The molecule has 1 aliphatic rings. The average Bonchev–Trinajstić information content (AvgIpc) is 2.18. The highest BCUT2D eigenvalue weighted by molar-refractivity contribution is 4.81. The van der Waals surface area contributed by atoms with Gasteiger partial charge in [0.25, 0.3) is 0 Å². The van der Waals surface area contributed by atoms with Crippen molar-refractivity contribution in [1.82, 2.24) is 0 Å².